The van der Waals surface area contributed by atoms with Crippen molar-refractivity contribution in [3.8, 4) is 5.75 Å². The Morgan fingerprint density at radius 2 is 1.86 bits per heavy atom. The van der Waals surface area contributed by atoms with Crippen LogP contribution in [0.2, 0.25) is 5.02 Å². The Morgan fingerprint density at radius 3 is 2.49 bits per heavy atom. The fourth-order valence-electron chi connectivity index (χ4n) is 3.46. The number of nitrogens with one attached hydrogen (secondary N) is 2. The molecule has 2 rings (SSSR count). The standard InChI is InChI=1S/C23H30ClF4N3O6/c1-22(2,3)37-21(34)31-12-14(30-19(32)13-35-15-6-7-16(24)17(25)11-15)5-8-18(31)20(33)29-9-4-10-36-23(26,27)28/h6-7,11,14,18H,4-5,8-10,12-13H2,1-3H3,(H,29,33)(H,30,32)/t14-,18+/m0/s1. The summed E-state index contributed by atoms with van der Waals surface area (Å²) >= 11 is 5.62. The molecule has 1 heterocycles. The van der Waals surface area contributed by atoms with E-state index in [0.717, 1.165) is 6.07 Å². The molecular weight excluding hydrogens is 526 g/mol. The highest BCUT2D eigenvalue weighted by atomic mass is 35.5. The average Bonchev–Trinajstić information content (AvgIpc) is 2.77. The fourth-order valence-corrected chi connectivity index (χ4v) is 3.58. The number of amides is 3. The molecule has 0 saturated carbocycles. The third-order valence-electron chi connectivity index (χ3n) is 5.02. The topological polar surface area (TPSA) is 106 Å². The Morgan fingerprint density at radius 1 is 1.16 bits per heavy atom. The normalized spacial score (nSPS) is 18.2. The maximum absolute atomic E-state index is 13.5. The van der Waals surface area contributed by atoms with E-state index in [-0.39, 0.29) is 36.7 Å². The molecule has 14 heteroatoms. The van der Waals surface area contributed by atoms with Gasteiger partial charge < -0.3 is 20.1 Å². The van der Waals surface area contributed by atoms with Crippen molar-refractivity contribution >= 4 is 29.5 Å². The van der Waals surface area contributed by atoms with Crippen molar-refractivity contribution in [2.75, 3.05) is 26.3 Å². The van der Waals surface area contributed by atoms with Crippen molar-refractivity contribution in [1.29, 1.82) is 0 Å². The van der Waals surface area contributed by atoms with Gasteiger partial charge in [-0.05, 0) is 52.2 Å². The van der Waals surface area contributed by atoms with Crippen LogP contribution in [-0.2, 0) is 19.1 Å². The first kappa shape index (κ1) is 30.4. The monoisotopic (exact) mass is 555 g/mol. The van der Waals surface area contributed by atoms with Crippen molar-refractivity contribution in [3.05, 3.63) is 29.0 Å². The number of halogens is 5. The van der Waals surface area contributed by atoms with Gasteiger partial charge in [0.2, 0.25) is 5.91 Å². The molecule has 1 aliphatic heterocycles. The molecule has 0 bridgehead atoms. The lowest BCUT2D eigenvalue weighted by molar-refractivity contribution is -0.324. The fraction of sp³-hybridized carbons (Fsp3) is 0.609. The number of alkyl halides is 3. The number of benzene rings is 1. The molecule has 1 aromatic carbocycles. The van der Waals surface area contributed by atoms with Crippen LogP contribution >= 0.6 is 11.6 Å². The second-order valence-electron chi connectivity index (χ2n) is 9.29. The van der Waals surface area contributed by atoms with E-state index < -0.39 is 61.0 Å². The summed E-state index contributed by atoms with van der Waals surface area (Å²) in [5, 5.41) is 5.13. The first-order chi connectivity index (χ1) is 17.1. The molecule has 0 unspecified atom stereocenters. The van der Waals surface area contributed by atoms with Gasteiger partial charge in [0.25, 0.3) is 5.91 Å². The summed E-state index contributed by atoms with van der Waals surface area (Å²) in [5.41, 5.74) is -0.856. The minimum atomic E-state index is -4.75. The zero-order chi connectivity index (χ0) is 27.8. The molecule has 2 atom stereocenters. The summed E-state index contributed by atoms with van der Waals surface area (Å²) in [4.78, 5) is 39.1. The van der Waals surface area contributed by atoms with Crippen molar-refractivity contribution in [3.63, 3.8) is 0 Å². The van der Waals surface area contributed by atoms with E-state index in [9.17, 15) is 31.9 Å². The smallest absolute Gasteiger partial charge is 0.484 e. The lowest BCUT2D eigenvalue weighted by atomic mass is 9.97. The number of ether oxygens (including phenoxy) is 3. The molecule has 0 aliphatic carbocycles. The lowest BCUT2D eigenvalue weighted by Gasteiger charge is -2.39. The number of carbonyl (C=O) groups excluding carboxylic acids is 3. The maximum Gasteiger partial charge on any atom is 0.522 e. The van der Waals surface area contributed by atoms with E-state index in [1.54, 1.807) is 20.8 Å². The summed E-state index contributed by atoms with van der Waals surface area (Å²) < 4.78 is 64.1. The van der Waals surface area contributed by atoms with Crippen LogP contribution in [0.4, 0.5) is 22.4 Å². The van der Waals surface area contributed by atoms with E-state index in [0.29, 0.717) is 6.42 Å². The number of nitrogens with zero attached hydrogens (tertiary/aromatic N) is 1. The minimum Gasteiger partial charge on any atom is -0.484 e. The number of hydrogen-bond acceptors (Lipinski definition) is 6. The highest BCUT2D eigenvalue weighted by Gasteiger charge is 2.38. The van der Waals surface area contributed by atoms with Crippen molar-refractivity contribution in [2.45, 2.75) is 64.1 Å². The number of piperidine rings is 1. The van der Waals surface area contributed by atoms with Crippen LogP contribution in [0.15, 0.2) is 18.2 Å². The molecule has 9 nitrogen and oxygen atoms in total. The SMILES string of the molecule is CC(C)(C)OC(=O)N1C[C@@H](NC(=O)COc2ccc(Cl)c(F)c2)CC[C@@H]1C(=O)NCCCOC(F)(F)F. The van der Waals surface area contributed by atoms with E-state index in [1.165, 1.54) is 17.0 Å². The van der Waals surface area contributed by atoms with E-state index in [1.807, 2.05) is 0 Å². The third kappa shape index (κ3) is 11.0. The first-order valence-electron chi connectivity index (χ1n) is 11.5. The van der Waals surface area contributed by atoms with Gasteiger partial charge in [-0.1, -0.05) is 11.6 Å². The van der Waals surface area contributed by atoms with Gasteiger partial charge in [-0.25, -0.2) is 9.18 Å². The zero-order valence-electron chi connectivity index (χ0n) is 20.6. The minimum absolute atomic E-state index is 0.0501. The van der Waals surface area contributed by atoms with Gasteiger partial charge in [-0.15, -0.1) is 13.2 Å². The Labute approximate surface area is 216 Å². The van der Waals surface area contributed by atoms with Crippen LogP contribution in [0, 0.1) is 5.82 Å². The first-order valence-corrected chi connectivity index (χ1v) is 11.9. The van der Waals surface area contributed by atoms with Gasteiger partial charge in [-0.2, -0.15) is 0 Å². The number of carbonyl (C=O) groups is 3. The quantitative estimate of drug-likeness (QED) is 0.355. The number of hydrogen-bond donors (Lipinski definition) is 2. The van der Waals surface area contributed by atoms with Crippen molar-refractivity contribution in [1.82, 2.24) is 15.5 Å². The van der Waals surface area contributed by atoms with E-state index >= 15 is 0 Å². The molecular formula is C23H30ClF4N3O6. The Kier molecular flexibility index (Phi) is 10.8. The molecule has 1 saturated heterocycles. The summed E-state index contributed by atoms with van der Waals surface area (Å²) in [6, 6.07) is 2.26. The van der Waals surface area contributed by atoms with E-state index in [4.69, 9.17) is 21.1 Å². The molecule has 0 aromatic heterocycles. The molecule has 1 aromatic rings. The highest BCUT2D eigenvalue weighted by molar-refractivity contribution is 6.30. The summed E-state index contributed by atoms with van der Waals surface area (Å²) in [6.07, 6.45) is -5.12. The second kappa shape index (κ2) is 13.1. The van der Waals surface area contributed by atoms with Crippen LogP contribution in [0.25, 0.3) is 0 Å². The summed E-state index contributed by atoms with van der Waals surface area (Å²) in [6.45, 7) is 3.78. The molecule has 3 amide bonds. The molecule has 37 heavy (non-hydrogen) atoms. The largest absolute Gasteiger partial charge is 0.522 e. The third-order valence-corrected chi connectivity index (χ3v) is 5.33. The van der Waals surface area contributed by atoms with Gasteiger partial charge in [-0.3, -0.25) is 19.2 Å². The van der Waals surface area contributed by atoms with Crippen LogP contribution in [0.1, 0.15) is 40.0 Å². The highest BCUT2D eigenvalue weighted by Crippen LogP contribution is 2.23. The van der Waals surface area contributed by atoms with Gasteiger partial charge in [0, 0.05) is 25.2 Å². The van der Waals surface area contributed by atoms with Crippen molar-refractivity contribution in [2.24, 2.45) is 0 Å². The predicted octanol–water partition coefficient (Wildman–Crippen LogP) is 3.78. The summed E-state index contributed by atoms with van der Waals surface area (Å²) in [5.74, 6) is -1.68. The second-order valence-corrected chi connectivity index (χ2v) is 9.70. The van der Waals surface area contributed by atoms with Gasteiger partial charge in [0.1, 0.15) is 23.2 Å². The molecule has 1 fully saturated rings. The van der Waals surface area contributed by atoms with E-state index in [2.05, 4.69) is 15.4 Å². The van der Waals surface area contributed by atoms with Crippen LogP contribution in [0.5, 0.6) is 5.75 Å². The Hall–Kier alpha value is -2.80. The van der Waals surface area contributed by atoms with Gasteiger partial charge in [0.05, 0.1) is 11.6 Å². The lowest BCUT2D eigenvalue weighted by Crippen LogP contribution is -2.59. The molecule has 1 aliphatic rings. The molecule has 208 valence electrons. The summed E-state index contributed by atoms with van der Waals surface area (Å²) in [7, 11) is 0. The van der Waals surface area contributed by atoms with Crippen LogP contribution in [-0.4, -0.2) is 73.2 Å². The Balaban J connectivity index is 1.94. The number of rotatable bonds is 9. The molecule has 2 N–H and O–H groups in total. The maximum atomic E-state index is 13.5. The molecule has 0 radical (unpaired) electrons. The average molecular weight is 556 g/mol. The predicted molar refractivity (Wildman–Crippen MR) is 124 cm³/mol. The van der Waals surface area contributed by atoms with Crippen LogP contribution < -0.4 is 15.4 Å². The van der Waals surface area contributed by atoms with Crippen molar-refractivity contribution < 1.29 is 46.2 Å². The number of likely N-dealkylation sites (tertiary alicyclic amines) is 1. The van der Waals surface area contributed by atoms with Gasteiger partial charge in [0.15, 0.2) is 6.61 Å². The zero-order valence-corrected chi connectivity index (χ0v) is 21.4. The molecule has 0 spiro atoms. The van der Waals surface area contributed by atoms with Gasteiger partial charge >= 0.3 is 12.5 Å². The van der Waals surface area contributed by atoms with Crippen LogP contribution in [0.3, 0.4) is 0 Å². The Bertz CT molecular complexity index is 957.